The Kier molecular flexibility index (Phi) is 8.48. The van der Waals surface area contributed by atoms with Crippen LogP contribution in [-0.2, 0) is 26.6 Å². The van der Waals surface area contributed by atoms with Crippen molar-refractivity contribution >= 4 is 54.6 Å². The molecule has 12 heteroatoms. The molecule has 0 aromatic heterocycles. The summed E-state index contributed by atoms with van der Waals surface area (Å²) in [7, 11) is -7.56. The Morgan fingerprint density at radius 3 is 2.10 bits per heavy atom. The molecule has 4 aromatic carbocycles. The summed E-state index contributed by atoms with van der Waals surface area (Å²) in [6.07, 6.45) is 1.06. The topological polar surface area (TPSA) is 113 Å². The Morgan fingerprint density at radius 1 is 0.875 bits per heavy atom. The lowest BCUT2D eigenvalue weighted by Gasteiger charge is -2.22. The lowest BCUT2D eigenvalue weighted by molar-refractivity contribution is 0.102. The summed E-state index contributed by atoms with van der Waals surface area (Å²) in [6.45, 7) is 1.75. The van der Waals surface area contributed by atoms with E-state index in [4.69, 9.17) is 11.6 Å². The minimum absolute atomic E-state index is 0.00347. The average molecular weight is 602 g/mol. The molecule has 0 saturated carbocycles. The molecule has 0 aliphatic heterocycles. The molecule has 0 radical (unpaired) electrons. The predicted molar refractivity (Wildman–Crippen MR) is 155 cm³/mol. The number of halogens is 2. The van der Waals surface area contributed by atoms with Crippen LogP contribution in [0.5, 0.6) is 0 Å². The molecule has 1 amide bonds. The predicted octanol–water partition coefficient (Wildman–Crippen LogP) is 5.81. The SMILES string of the molecule is Cc1ccc(Cl)cc1NS(=O)(=O)c1ccc(NC(=O)c2ccc(N(Cc3ccc(F)cc3)S(C)(=O)=O)cc2)cc1. The number of aryl methyl sites for hydroxylation is 1. The molecule has 208 valence electrons. The fourth-order valence-corrected chi connectivity index (χ4v) is 5.95. The van der Waals surface area contributed by atoms with Gasteiger partial charge in [-0.3, -0.25) is 13.8 Å². The van der Waals surface area contributed by atoms with Crippen LogP contribution in [0.4, 0.5) is 21.5 Å². The molecule has 0 heterocycles. The van der Waals surface area contributed by atoms with Crippen LogP contribution in [0.15, 0.2) is 95.9 Å². The molecule has 0 aliphatic rings. The monoisotopic (exact) mass is 601 g/mol. The number of amides is 1. The van der Waals surface area contributed by atoms with Gasteiger partial charge in [-0.05, 0) is 90.8 Å². The van der Waals surface area contributed by atoms with Crippen LogP contribution >= 0.6 is 11.6 Å². The molecule has 0 spiro atoms. The molecular weight excluding hydrogens is 577 g/mol. The quantitative estimate of drug-likeness (QED) is 0.251. The van der Waals surface area contributed by atoms with Crippen LogP contribution in [0, 0.1) is 12.7 Å². The van der Waals surface area contributed by atoms with Gasteiger partial charge in [0.05, 0.1) is 29.1 Å². The van der Waals surface area contributed by atoms with Crippen LogP contribution in [-0.4, -0.2) is 29.0 Å². The first-order valence-electron chi connectivity index (χ1n) is 11.8. The van der Waals surface area contributed by atoms with Crippen molar-refractivity contribution in [2.75, 3.05) is 20.6 Å². The summed E-state index contributed by atoms with van der Waals surface area (Å²) >= 11 is 5.98. The number of nitrogens with zero attached hydrogens (tertiary/aromatic N) is 1. The summed E-state index contributed by atoms with van der Waals surface area (Å²) in [5, 5.41) is 3.08. The maximum Gasteiger partial charge on any atom is 0.261 e. The van der Waals surface area contributed by atoms with Crippen LogP contribution in [0.25, 0.3) is 0 Å². The van der Waals surface area contributed by atoms with E-state index in [9.17, 15) is 26.0 Å². The number of hydrogen-bond donors (Lipinski definition) is 2. The highest BCUT2D eigenvalue weighted by molar-refractivity contribution is 7.92. The van der Waals surface area contributed by atoms with Crippen molar-refractivity contribution in [3.8, 4) is 0 Å². The normalized spacial score (nSPS) is 11.6. The fraction of sp³-hybridized carbons (Fsp3) is 0.107. The maximum atomic E-state index is 13.2. The highest BCUT2D eigenvalue weighted by atomic mass is 35.5. The molecule has 0 bridgehead atoms. The zero-order valence-corrected chi connectivity index (χ0v) is 23.8. The third-order valence-electron chi connectivity index (χ3n) is 5.92. The van der Waals surface area contributed by atoms with Crippen molar-refractivity contribution in [2.24, 2.45) is 0 Å². The minimum Gasteiger partial charge on any atom is -0.322 e. The van der Waals surface area contributed by atoms with E-state index in [0.717, 1.165) is 10.6 Å². The van der Waals surface area contributed by atoms with E-state index in [1.807, 2.05) is 0 Å². The summed E-state index contributed by atoms with van der Waals surface area (Å²) in [4.78, 5) is 12.8. The highest BCUT2D eigenvalue weighted by Crippen LogP contribution is 2.25. The van der Waals surface area contributed by atoms with Gasteiger partial charge in [-0.15, -0.1) is 0 Å². The van der Waals surface area contributed by atoms with Crippen molar-refractivity contribution in [2.45, 2.75) is 18.4 Å². The first-order chi connectivity index (χ1) is 18.8. The van der Waals surface area contributed by atoms with Gasteiger partial charge in [0.1, 0.15) is 5.82 Å². The summed E-state index contributed by atoms with van der Waals surface area (Å²) in [6, 6.07) is 22.0. The molecule has 0 aliphatic carbocycles. The van der Waals surface area contributed by atoms with Gasteiger partial charge in [0.25, 0.3) is 15.9 Å². The van der Waals surface area contributed by atoms with E-state index in [1.54, 1.807) is 19.1 Å². The van der Waals surface area contributed by atoms with Crippen molar-refractivity contribution in [1.82, 2.24) is 0 Å². The molecule has 4 aromatic rings. The summed E-state index contributed by atoms with van der Waals surface area (Å²) in [5.41, 5.74) is 2.62. The Morgan fingerprint density at radius 2 is 1.50 bits per heavy atom. The van der Waals surface area contributed by atoms with E-state index in [2.05, 4.69) is 10.0 Å². The zero-order valence-electron chi connectivity index (χ0n) is 21.4. The second kappa shape index (κ2) is 11.7. The largest absolute Gasteiger partial charge is 0.322 e. The van der Waals surface area contributed by atoms with E-state index >= 15 is 0 Å². The number of hydrogen-bond acceptors (Lipinski definition) is 5. The fourth-order valence-electron chi connectivity index (χ4n) is 3.76. The van der Waals surface area contributed by atoms with Gasteiger partial charge >= 0.3 is 0 Å². The molecule has 40 heavy (non-hydrogen) atoms. The van der Waals surface area contributed by atoms with E-state index in [0.29, 0.717) is 33.2 Å². The highest BCUT2D eigenvalue weighted by Gasteiger charge is 2.19. The van der Waals surface area contributed by atoms with Gasteiger partial charge in [0.2, 0.25) is 10.0 Å². The summed E-state index contributed by atoms with van der Waals surface area (Å²) < 4.78 is 67.3. The van der Waals surface area contributed by atoms with Crippen molar-refractivity contribution in [3.05, 3.63) is 119 Å². The van der Waals surface area contributed by atoms with Crippen molar-refractivity contribution < 1.29 is 26.0 Å². The van der Waals surface area contributed by atoms with Gasteiger partial charge in [-0.1, -0.05) is 29.8 Å². The molecular formula is C28H25ClFN3O5S2. The first kappa shape index (κ1) is 29.1. The molecule has 2 N–H and O–H groups in total. The van der Waals surface area contributed by atoms with Crippen LogP contribution in [0.3, 0.4) is 0 Å². The maximum absolute atomic E-state index is 13.2. The first-order valence-corrected chi connectivity index (χ1v) is 15.6. The standard InChI is InChI=1S/C28H25ClFN3O5S2/c1-19-3-8-22(29)17-27(19)32-40(37,38)26-15-11-24(12-16-26)31-28(34)21-6-13-25(14-7-21)33(39(2,35)36)18-20-4-9-23(30)10-5-20/h3-17,32H,18H2,1-2H3,(H,31,34). The van der Waals surface area contributed by atoms with Gasteiger partial charge in [0.15, 0.2) is 0 Å². The number of carbonyl (C=O) groups is 1. The molecule has 0 atom stereocenters. The van der Waals surface area contributed by atoms with E-state index < -0.39 is 31.8 Å². The van der Waals surface area contributed by atoms with Crippen LogP contribution in [0.2, 0.25) is 5.02 Å². The average Bonchev–Trinajstić information content (AvgIpc) is 2.90. The van der Waals surface area contributed by atoms with Crippen molar-refractivity contribution in [1.29, 1.82) is 0 Å². The minimum atomic E-state index is -3.89. The van der Waals surface area contributed by atoms with Crippen molar-refractivity contribution in [3.63, 3.8) is 0 Å². The van der Waals surface area contributed by atoms with Gasteiger partial charge < -0.3 is 5.32 Å². The van der Waals surface area contributed by atoms with E-state index in [1.165, 1.54) is 78.9 Å². The number of rotatable bonds is 9. The van der Waals surface area contributed by atoms with E-state index in [-0.39, 0.29) is 17.0 Å². The lowest BCUT2D eigenvalue weighted by atomic mass is 10.1. The number of carbonyl (C=O) groups excluding carboxylic acids is 1. The smallest absolute Gasteiger partial charge is 0.261 e. The third kappa shape index (κ3) is 7.17. The second-order valence-electron chi connectivity index (χ2n) is 8.99. The number of nitrogens with one attached hydrogen (secondary N) is 2. The Labute approximate surface area is 237 Å². The lowest BCUT2D eigenvalue weighted by Crippen LogP contribution is -2.29. The molecule has 0 unspecified atom stereocenters. The molecule has 0 fully saturated rings. The van der Waals surface area contributed by atoms with Gasteiger partial charge in [0, 0.05) is 16.3 Å². The Hall–Kier alpha value is -3.93. The van der Waals surface area contributed by atoms with Crippen LogP contribution < -0.4 is 14.3 Å². The number of anilines is 3. The van der Waals surface area contributed by atoms with Crippen LogP contribution in [0.1, 0.15) is 21.5 Å². The van der Waals surface area contributed by atoms with Gasteiger partial charge in [-0.2, -0.15) is 0 Å². The molecule has 4 rings (SSSR count). The van der Waals surface area contributed by atoms with Gasteiger partial charge in [-0.25, -0.2) is 21.2 Å². The number of sulfonamides is 2. The summed E-state index contributed by atoms with van der Waals surface area (Å²) in [5.74, 6) is -0.898. The third-order valence-corrected chi connectivity index (χ3v) is 8.68. The zero-order chi connectivity index (χ0) is 29.1. The Balaban J connectivity index is 1.45. The second-order valence-corrected chi connectivity index (χ2v) is 13.0. The molecule has 0 saturated heterocycles. The Bertz CT molecular complexity index is 1750. The molecule has 8 nitrogen and oxygen atoms in total. The number of benzene rings is 4.